The summed E-state index contributed by atoms with van der Waals surface area (Å²) in [5, 5.41) is 12.1. The summed E-state index contributed by atoms with van der Waals surface area (Å²) in [4.78, 5) is 30.0. The Hall–Kier alpha value is -3.00. The molecule has 7 nitrogen and oxygen atoms in total. The molecule has 0 spiro atoms. The van der Waals surface area contributed by atoms with E-state index >= 15 is 0 Å². The Bertz CT molecular complexity index is 1280. The van der Waals surface area contributed by atoms with Crippen molar-refractivity contribution in [3.63, 3.8) is 0 Å². The average molecular weight is 489 g/mol. The Balaban J connectivity index is 1.82. The minimum absolute atomic E-state index is 0.0108. The molecule has 0 bridgehead atoms. The summed E-state index contributed by atoms with van der Waals surface area (Å²) in [6.07, 6.45) is 0. The van der Waals surface area contributed by atoms with Gasteiger partial charge in [-0.3, -0.25) is 9.59 Å². The summed E-state index contributed by atoms with van der Waals surface area (Å²) in [6, 6.07) is 10.9. The molecule has 33 heavy (non-hydrogen) atoms. The molecule has 9 heteroatoms. The van der Waals surface area contributed by atoms with Crippen LogP contribution in [0.15, 0.2) is 58.2 Å². The van der Waals surface area contributed by atoms with Gasteiger partial charge in [-0.1, -0.05) is 41.4 Å². The number of aliphatic hydroxyl groups is 1. The first-order valence-corrected chi connectivity index (χ1v) is 10.9. The van der Waals surface area contributed by atoms with E-state index in [1.54, 1.807) is 42.5 Å². The lowest BCUT2D eigenvalue weighted by atomic mass is 9.95. The maximum atomic E-state index is 13.6. The van der Waals surface area contributed by atoms with Crippen LogP contribution in [0.4, 0.5) is 0 Å². The van der Waals surface area contributed by atoms with E-state index in [1.807, 2.05) is 19.0 Å². The van der Waals surface area contributed by atoms with Gasteiger partial charge in [0.25, 0.3) is 5.91 Å². The second-order valence-electron chi connectivity index (χ2n) is 7.96. The molecule has 0 fully saturated rings. The summed E-state index contributed by atoms with van der Waals surface area (Å²) in [6.45, 7) is 0.811. The number of ether oxygens (including phenoxy) is 1. The van der Waals surface area contributed by atoms with Gasteiger partial charge < -0.3 is 24.1 Å². The van der Waals surface area contributed by atoms with Gasteiger partial charge in [0, 0.05) is 18.5 Å². The summed E-state index contributed by atoms with van der Waals surface area (Å²) >= 11 is 12.3. The monoisotopic (exact) mass is 488 g/mol. The van der Waals surface area contributed by atoms with Crippen LogP contribution in [0.2, 0.25) is 10.0 Å². The molecule has 0 radical (unpaired) electrons. The van der Waals surface area contributed by atoms with Crippen molar-refractivity contribution in [1.82, 2.24) is 9.80 Å². The number of hydrogen-bond acceptors (Lipinski definition) is 6. The number of carbonyl (C=O) groups excluding carboxylic acids is 2. The Morgan fingerprint density at radius 3 is 2.61 bits per heavy atom. The van der Waals surface area contributed by atoms with Crippen LogP contribution in [0.3, 0.4) is 0 Å². The van der Waals surface area contributed by atoms with Crippen molar-refractivity contribution in [2.75, 3.05) is 34.3 Å². The second kappa shape index (κ2) is 9.09. The van der Waals surface area contributed by atoms with Crippen LogP contribution in [0.1, 0.15) is 22.2 Å². The first-order valence-electron chi connectivity index (χ1n) is 10.2. The number of rotatable bonds is 7. The van der Waals surface area contributed by atoms with Crippen LogP contribution in [-0.4, -0.2) is 60.9 Å². The maximum Gasteiger partial charge on any atom is 0.290 e. The molecule has 0 aliphatic carbocycles. The molecule has 2 aromatic carbocycles. The van der Waals surface area contributed by atoms with Crippen molar-refractivity contribution in [2.24, 2.45) is 0 Å². The van der Waals surface area contributed by atoms with E-state index in [0.29, 0.717) is 33.8 Å². The van der Waals surface area contributed by atoms with Crippen LogP contribution in [0.25, 0.3) is 11.0 Å². The van der Waals surface area contributed by atoms with E-state index in [2.05, 4.69) is 0 Å². The van der Waals surface area contributed by atoms with Gasteiger partial charge in [0.05, 0.1) is 28.8 Å². The molecule has 172 valence electrons. The fourth-order valence-electron chi connectivity index (χ4n) is 3.89. The first-order chi connectivity index (χ1) is 15.7. The number of likely N-dealkylation sites (N-methyl/N-ethyl adjacent to an activating group) is 1. The van der Waals surface area contributed by atoms with E-state index < -0.39 is 23.5 Å². The highest BCUT2D eigenvalue weighted by Crippen LogP contribution is 2.41. The number of methoxy groups -OCH3 is 1. The minimum atomic E-state index is -0.852. The lowest BCUT2D eigenvalue weighted by molar-refractivity contribution is -0.129. The molecule has 3 aromatic rings. The lowest BCUT2D eigenvalue weighted by Gasteiger charge is -2.28. The number of Topliss-reactive ketones (excluding diaryl/α,β-unsaturated/α-hetero) is 1. The van der Waals surface area contributed by atoms with Crippen molar-refractivity contribution >= 4 is 45.9 Å². The Labute approximate surface area is 200 Å². The molecule has 0 saturated heterocycles. The zero-order valence-corrected chi connectivity index (χ0v) is 19.8. The van der Waals surface area contributed by atoms with Crippen LogP contribution >= 0.6 is 23.2 Å². The standard InChI is InChI=1S/C24H22Cl2N2O5/c1-27(2)9-10-28-20(13-7-8-15(25)16(26)11-13)19(22(30)24(28)31)21(29)18-12-14-5-4-6-17(32-3)23(14)33-18/h4-8,11-12,20,30H,9-10H2,1-3H3. The molecule has 0 saturated carbocycles. The van der Waals surface area contributed by atoms with Crippen LogP contribution in [0.5, 0.6) is 5.75 Å². The molecule has 1 aromatic heterocycles. The van der Waals surface area contributed by atoms with Crippen molar-refractivity contribution in [3.05, 3.63) is 75.2 Å². The predicted octanol–water partition coefficient (Wildman–Crippen LogP) is 4.89. The van der Waals surface area contributed by atoms with E-state index in [1.165, 1.54) is 12.0 Å². The Morgan fingerprint density at radius 1 is 1.18 bits per heavy atom. The zero-order chi connectivity index (χ0) is 23.9. The molecule has 1 amide bonds. The van der Waals surface area contributed by atoms with E-state index in [4.69, 9.17) is 32.4 Å². The highest BCUT2D eigenvalue weighted by atomic mass is 35.5. The third kappa shape index (κ3) is 4.19. The number of hydrogen-bond donors (Lipinski definition) is 1. The zero-order valence-electron chi connectivity index (χ0n) is 18.3. The number of fused-ring (bicyclic) bond motifs is 1. The number of halogens is 2. The Morgan fingerprint density at radius 2 is 1.94 bits per heavy atom. The van der Waals surface area contributed by atoms with Crippen molar-refractivity contribution in [3.8, 4) is 5.75 Å². The van der Waals surface area contributed by atoms with E-state index in [0.717, 1.165) is 0 Å². The normalized spacial score (nSPS) is 16.4. The van der Waals surface area contributed by atoms with Gasteiger partial charge >= 0.3 is 0 Å². The number of nitrogens with zero attached hydrogens (tertiary/aromatic N) is 2. The second-order valence-corrected chi connectivity index (χ2v) is 8.77. The van der Waals surface area contributed by atoms with Crippen LogP contribution in [0, 0.1) is 0 Å². The lowest BCUT2D eigenvalue weighted by Crippen LogP contribution is -2.36. The molecule has 1 aliphatic rings. The highest BCUT2D eigenvalue weighted by Gasteiger charge is 2.44. The summed E-state index contributed by atoms with van der Waals surface area (Å²) in [5.74, 6) is -1.38. The van der Waals surface area contributed by atoms with Crippen molar-refractivity contribution < 1.29 is 23.8 Å². The van der Waals surface area contributed by atoms with Crippen molar-refractivity contribution in [2.45, 2.75) is 6.04 Å². The van der Waals surface area contributed by atoms with Gasteiger partial charge in [-0.05, 0) is 43.9 Å². The SMILES string of the molecule is COc1cccc2cc(C(=O)C3=C(O)C(=O)N(CCN(C)C)C3c3ccc(Cl)c(Cl)c3)oc12. The summed E-state index contributed by atoms with van der Waals surface area (Å²) < 4.78 is 11.1. The van der Waals surface area contributed by atoms with Gasteiger partial charge in [0.2, 0.25) is 5.78 Å². The molecular weight excluding hydrogens is 467 g/mol. The summed E-state index contributed by atoms with van der Waals surface area (Å²) in [5.41, 5.74) is 0.885. The van der Waals surface area contributed by atoms with Gasteiger partial charge in [0.15, 0.2) is 22.9 Å². The third-order valence-corrected chi connectivity index (χ3v) is 6.29. The average Bonchev–Trinajstić information content (AvgIpc) is 3.33. The van der Waals surface area contributed by atoms with E-state index in [-0.39, 0.29) is 22.9 Å². The Kier molecular flexibility index (Phi) is 6.38. The van der Waals surface area contributed by atoms with Gasteiger partial charge in [-0.2, -0.15) is 0 Å². The molecule has 1 atom stereocenters. The predicted molar refractivity (Wildman–Crippen MR) is 126 cm³/mol. The largest absolute Gasteiger partial charge is 0.503 e. The quantitative estimate of drug-likeness (QED) is 0.476. The van der Waals surface area contributed by atoms with E-state index in [9.17, 15) is 14.7 Å². The first kappa shape index (κ1) is 23.2. The van der Waals surface area contributed by atoms with Crippen LogP contribution in [-0.2, 0) is 4.79 Å². The molecular formula is C24H22Cl2N2O5. The highest BCUT2D eigenvalue weighted by molar-refractivity contribution is 6.42. The third-order valence-electron chi connectivity index (χ3n) is 5.55. The topological polar surface area (TPSA) is 83.2 Å². The maximum absolute atomic E-state index is 13.6. The molecule has 1 unspecified atom stereocenters. The number of amides is 1. The summed E-state index contributed by atoms with van der Waals surface area (Å²) in [7, 11) is 5.25. The van der Waals surface area contributed by atoms with Crippen LogP contribution < -0.4 is 4.74 Å². The molecule has 1 N–H and O–H groups in total. The van der Waals surface area contributed by atoms with Gasteiger partial charge in [-0.25, -0.2) is 0 Å². The van der Waals surface area contributed by atoms with Gasteiger partial charge in [0.1, 0.15) is 0 Å². The number of ketones is 1. The number of furan rings is 1. The van der Waals surface area contributed by atoms with Crippen molar-refractivity contribution in [1.29, 1.82) is 0 Å². The smallest absolute Gasteiger partial charge is 0.290 e. The number of aliphatic hydroxyl groups excluding tert-OH is 1. The molecule has 2 heterocycles. The number of carbonyl (C=O) groups is 2. The minimum Gasteiger partial charge on any atom is -0.503 e. The molecule has 4 rings (SSSR count). The number of benzene rings is 2. The fraction of sp³-hybridized carbons (Fsp3) is 0.250. The van der Waals surface area contributed by atoms with Gasteiger partial charge in [-0.15, -0.1) is 0 Å². The number of para-hydroxylation sites is 1. The molecule has 1 aliphatic heterocycles. The fourth-order valence-corrected chi connectivity index (χ4v) is 4.20.